The molecule has 5 rings (SSSR count). The maximum Gasteiger partial charge on any atom is 0.283 e. The van der Waals surface area contributed by atoms with Crippen LogP contribution in [-0.4, -0.2) is 30.8 Å². The van der Waals surface area contributed by atoms with Crippen molar-refractivity contribution < 1.29 is 18.8 Å². The van der Waals surface area contributed by atoms with Crippen molar-refractivity contribution in [2.45, 2.75) is 12.8 Å². The van der Waals surface area contributed by atoms with Gasteiger partial charge in [-0.05, 0) is 73.5 Å². The summed E-state index contributed by atoms with van der Waals surface area (Å²) < 4.78 is 13.5. The number of rotatable bonds is 6. The Morgan fingerprint density at radius 1 is 0.838 bits per heavy atom. The first kappa shape index (κ1) is 24.8. The number of carbonyl (C=O) groups is 3. The number of nitrogens with one attached hydrogen (secondary N) is 2. The number of nitrogens with zero attached hydrogens (tertiary/aromatic N) is 2. The molecule has 37 heavy (non-hydrogen) atoms. The van der Waals surface area contributed by atoms with E-state index < -0.39 is 17.6 Å². The van der Waals surface area contributed by atoms with Gasteiger partial charge >= 0.3 is 0 Å². The molecule has 2 aliphatic rings. The highest BCUT2D eigenvalue weighted by Crippen LogP contribution is 2.32. The van der Waals surface area contributed by atoms with Crippen molar-refractivity contribution >= 4 is 63.7 Å². The van der Waals surface area contributed by atoms with Crippen LogP contribution < -0.4 is 20.4 Å². The molecule has 3 aromatic rings. The normalized spacial score (nSPS) is 15.5. The quantitative estimate of drug-likeness (QED) is 0.389. The predicted molar refractivity (Wildman–Crippen MR) is 143 cm³/mol. The van der Waals surface area contributed by atoms with Crippen LogP contribution in [0.1, 0.15) is 23.2 Å². The number of anilines is 4. The summed E-state index contributed by atoms with van der Waals surface area (Å²) in [7, 11) is 0. The molecule has 2 N–H and O–H groups in total. The first-order valence-corrected chi connectivity index (χ1v) is 12.3. The molecule has 7 nitrogen and oxygen atoms in total. The van der Waals surface area contributed by atoms with E-state index in [1.807, 2.05) is 24.3 Å². The summed E-state index contributed by atoms with van der Waals surface area (Å²) in [6.45, 7) is 2.07. The molecular formula is C27H21Cl2FN4O3. The number of benzene rings is 3. The van der Waals surface area contributed by atoms with Crippen molar-refractivity contribution in [2.24, 2.45) is 0 Å². The summed E-state index contributed by atoms with van der Waals surface area (Å²) in [4.78, 5) is 41.6. The summed E-state index contributed by atoms with van der Waals surface area (Å²) >= 11 is 12.0. The molecule has 1 fully saturated rings. The van der Waals surface area contributed by atoms with E-state index in [9.17, 15) is 18.8 Å². The second-order valence-corrected chi connectivity index (χ2v) is 9.42. The van der Waals surface area contributed by atoms with Crippen LogP contribution in [0.3, 0.4) is 0 Å². The largest absolute Gasteiger partial charge is 0.372 e. The van der Waals surface area contributed by atoms with E-state index >= 15 is 0 Å². The minimum Gasteiger partial charge on any atom is -0.372 e. The zero-order chi connectivity index (χ0) is 26.1. The SMILES string of the molecule is O=C(Nc1ccc(N2CCCC2)cc1)c1cccc(NC2=C(Cl)C(=O)N(c3ccc(F)c(Cl)c3)C2=O)c1. The second-order valence-electron chi connectivity index (χ2n) is 8.63. The van der Waals surface area contributed by atoms with Crippen LogP contribution in [0.15, 0.2) is 77.5 Å². The van der Waals surface area contributed by atoms with E-state index in [-0.39, 0.29) is 27.3 Å². The molecule has 0 aliphatic carbocycles. The summed E-state index contributed by atoms with van der Waals surface area (Å²) in [5.74, 6) is -2.53. The smallest absolute Gasteiger partial charge is 0.283 e. The standard InChI is InChI=1S/C27H21Cl2FN4O3/c28-21-15-20(10-11-22(21)30)34-26(36)23(29)24(27(34)37)31-18-5-3-4-16(14-18)25(35)32-17-6-8-19(9-7-17)33-12-1-2-13-33/h3-11,14-15,31H,1-2,12-13H2,(H,32,35). The molecule has 3 amide bonds. The molecule has 2 heterocycles. The van der Waals surface area contributed by atoms with E-state index in [1.165, 1.54) is 25.0 Å². The Hall–Kier alpha value is -3.88. The van der Waals surface area contributed by atoms with Crippen molar-refractivity contribution in [3.05, 3.63) is 93.9 Å². The lowest BCUT2D eigenvalue weighted by atomic mass is 10.1. The van der Waals surface area contributed by atoms with Gasteiger partial charge in [0.15, 0.2) is 0 Å². The maximum atomic E-state index is 13.5. The number of hydrogen-bond acceptors (Lipinski definition) is 5. The minimum atomic E-state index is -0.775. The van der Waals surface area contributed by atoms with Gasteiger partial charge in [0.25, 0.3) is 17.7 Å². The van der Waals surface area contributed by atoms with E-state index in [2.05, 4.69) is 15.5 Å². The third kappa shape index (κ3) is 5.03. The van der Waals surface area contributed by atoms with Crippen LogP contribution in [0.25, 0.3) is 0 Å². The van der Waals surface area contributed by atoms with Crippen LogP contribution in [0, 0.1) is 5.82 Å². The molecule has 0 saturated carbocycles. The zero-order valence-corrected chi connectivity index (χ0v) is 20.9. The minimum absolute atomic E-state index is 0.0835. The molecule has 0 bridgehead atoms. The lowest BCUT2D eigenvalue weighted by molar-refractivity contribution is -0.120. The molecule has 0 radical (unpaired) electrons. The Kier molecular flexibility index (Phi) is 6.86. The van der Waals surface area contributed by atoms with E-state index in [1.54, 1.807) is 24.3 Å². The van der Waals surface area contributed by atoms with Crippen molar-refractivity contribution in [1.29, 1.82) is 0 Å². The van der Waals surface area contributed by atoms with Crippen LogP contribution >= 0.6 is 23.2 Å². The van der Waals surface area contributed by atoms with Crippen molar-refractivity contribution in [3.8, 4) is 0 Å². The van der Waals surface area contributed by atoms with Crippen molar-refractivity contribution in [3.63, 3.8) is 0 Å². The Labute approximate surface area is 222 Å². The zero-order valence-electron chi connectivity index (χ0n) is 19.4. The predicted octanol–water partition coefficient (Wildman–Crippen LogP) is 5.77. The Morgan fingerprint density at radius 2 is 1.54 bits per heavy atom. The molecule has 3 aromatic carbocycles. The summed E-state index contributed by atoms with van der Waals surface area (Å²) in [6, 6.07) is 17.6. The van der Waals surface area contributed by atoms with Gasteiger partial charge < -0.3 is 15.5 Å². The first-order chi connectivity index (χ1) is 17.8. The molecule has 0 atom stereocenters. The van der Waals surface area contributed by atoms with Crippen LogP contribution in [0.4, 0.5) is 27.1 Å². The fraction of sp³-hybridized carbons (Fsp3) is 0.148. The first-order valence-electron chi connectivity index (χ1n) is 11.6. The average molecular weight is 539 g/mol. The maximum absolute atomic E-state index is 13.5. The fourth-order valence-electron chi connectivity index (χ4n) is 4.29. The highest BCUT2D eigenvalue weighted by Gasteiger charge is 2.39. The van der Waals surface area contributed by atoms with Gasteiger partial charge in [-0.2, -0.15) is 0 Å². The van der Waals surface area contributed by atoms with Gasteiger partial charge in [-0.1, -0.05) is 29.3 Å². The molecule has 0 unspecified atom stereocenters. The molecule has 0 spiro atoms. The van der Waals surface area contributed by atoms with Crippen LogP contribution in [0.5, 0.6) is 0 Å². The van der Waals surface area contributed by atoms with E-state index in [4.69, 9.17) is 23.2 Å². The highest BCUT2D eigenvalue weighted by molar-refractivity contribution is 6.53. The fourth-order valence-corrected chi connectivity index (χ4v) is 4.67. The van der Waals surface area contributed by atoms with Gasteiger partial charge in [-0.15, -0.1) is 0 Å². The molecule has 188 valence electrons. The van der Waals surface area contributed by atoms with Gasteiger partial charge in [-0.25, -0.2) is 9.29 Å². The highest BCUT2D eigenvalue weighted by atomic mass is 35.5. The third-order valence-corrected chi connectivity index (χ3v) is 6.82. The van der Waals surface area contributed by atoms with Gasteiger partial charge in [0, 0.05) is 35.7 Å². The van der Waals surface area contributed by atoms with Gasteiger partial charge in [0.1, 0.15) is 16.5 Å². The monoisotopic (exact) mass is 538 g/mol. The molecular weight excluding hydrogens is 518 g/mol. The average Bonchev–Trinajstić information content (AvgIpc) is 3.50. The Bertz CT molecular complexity index is 1440. The molecule has 1 saturated heterocycles. The van der Waals surface area contributed by atoms with Gasteiger partial charge in [0.05, 0.1) is 10.7 Å². The number of carbonyl (C=O) groups excluding carboxylic acids is 3. The summed E-state index contributed by atoms with van der Waals surface area (Å²) in [5.41, 5.74) is 2.42. The molecule has 10 heteroatoms. The van der Waals surface area contributed by atoms with Gasteiger partial charge in [0.2, 0.25) is 0 Å². The Morgan fingerprint density at radius 3 is 2.24 bits per heavy atom. The molecule has 0 aromatic heterocycles. The van der Waals surface area contributed by atoms with Crippen molar-refractivity contribution in [2.75, 3.05) is 33.5 Å². The summed E-state index contributed by atoms with van der Waals surface area (Å²) in [5, 5.41) is 5.13. The van der Waals surface area contributed by atoms with Crippen LogP contribution in [0.2, 0.25) is 5.02 Å². The van der Waals surface area contributed by atoms with E-state index in [0.717, 1.165) is 29.7 Å². The Balaban J connectivity index is 1.29. The number of halogens is 3. The third-order valence-electron chi connectivity index (χ3n) is 6.18. The van der Waals surface area contributed by atoms with Gasteiger partial charge in [-0.3, -0.25) is 14.4 Å². The lowest BCUT2D eigenvalue weighted by Gasteiger charge is -2.18. The van der Waals surface area contributed by atoms with E-state index in [0.29, 0.717) is 16.9 Å². The second kappa shape index (κ2) is 10.2. The van der Waals surface area contributed by atoms with Crippen LogP contribution in [-0.2, 0) is 9.59 Å². The topological polar surface area (TPSA) is 81.8 Å². The number of imide groups is 1. The number of amides is 3. The van der Waals surface area contributed by atoms with Crippen molar-refractivity contribution in [1.82, 2.24) is 0 Å². The summed E-state index contributed by atoms with van der Waals surface area (Å²) in [6.07, 6.45) is 2.37. The lowest BCUT2D eigenvalue weighted by Crippen LogP contribution is -2.32. The molecule has 2 aliphatic heterocycles. The number of hydrogen-bond donors (Lipinski definition) is 2.